The number of aliphatic hydroxyl groups excluding tert-OH is 1. The number of ketones is 1. The van der Waals surface area contributed by atoms with Crippen molar-refractivity contribution in [3.05, 3.63) is 134 Å². The maximum Gasteiger partial charge on any atom is 0.273 e. The monoisotopic (exact) mass is 2000 g/mol. The molecule has 0 aromatic carbocycles. The first-order chi connectivity index (χ1) is 65.2. The molecule has 18 N–H and O–H groups in total. The van der Waals surface area contributed by atoms with Crippen LogP contribution in [0.1, 0.15) is 435 Å². The molecule has 1 aliphatic rings. The predicted octanol–water partition coefficient (Wildman–Crippen LogP) is 21.5. The first-order valence-corrected chi connectivity index (χ1v) is 50.4. The van der Waals surface area contributed by atoms with Crippen molar-refractivity contribution in [1.29, 1.82) is 0 Å². The molecule has 7 aromatic rings. The average molecular weight is 2000 g/mol. The molecule has 142 heavy (non-hydrogen) atoms. The summed E-state index contributed by atoms with van der Waals surface area (Å²) >= 11 is 0. The summed E-state index contributed by atoms with van der Waals surface area (Å²) in [5.74, 6) is 14.4. The van der Waals surface area contributed by atoms with Gasteiger partial charge in [-0.25, -0.2) is 9.97 Å². The van der Waals surface area contributed by atoms with Gasteiger partial charge in [-0.1, -0.05) is 323 Å². The van der Waals surface area contributed by atoms with E-state index >= 15 is 0 Å². The predicted molar refractivity (Wildman–Crippen MR) is 592 cm³/mol. The number of nitrogens with zero attached hydrogens (tertiary/aromatic N) is 16. The molecule has 818 valence electrons. The number of allylic oxidation sites excluding steroid dienone is 2. The summed E-state index contributed by atoms with van der Waals surface area (Å²) < 4.78 is 0. The van der Waals surface area contributed by atoms with E-state index in [1.54, 1.807) is 70.6 Å². The Morgan fingerprint density at radius 3 is 0.782 bits per heavy atom. The summed E-state index contributed by atoms with van der Waals surface area (Å²) in [5, 5.41) is 61.9. The third-order valence-electron chi connectivity index (χ3n) is 16.0. The number of aliphatic hydroxyl groups is 1. The van der Waals surface area contributed by atoms with E-state index in [0.29, 0.717) is 94.6 Å². The van der Waals surface area contributed by atoms with E-state index in [2.05, 4.69) is 266 Å². The molecule has 0 bridgehead atoms. The van der Waals surface area contributed by atoms with Crippen molar-refractivity contribution >= 4 is 53.0 Å². The minimum Gasteiger partial charge on any atom is -0.512 e. The van der Waals surface area contributed by atoms with Gasteiger partial charge in [-0.2, -0.15) is 15.6 Å². The normalized spacial score (nSPS) is 11.1. The zero-order chi connectivity index (χ0) is 113. The highest BCUT2D eigenvalue weighted by atomic mass is 16.3. The molecule has 0 fully saturated rings. The number of rotatable bonds is 23. The second-order valence-electron chi connectivity index (χ2n) is 41.3. The number of aliphatic imine (C=N–C) groups is 2. The molecule has 4 amide bonds. The van der Waals surface area contributed by atoms with Gasteiger partial charge in [-0.05, 0) is 109 Å². The molecule has 0 spiro atoms. The second kappa shape index (κ2) is 92.0. The molecule has 0 aliphatic carbocycles. The summed E-state index contributed by atoms with van der Waals surface area (Å²) in [6.45, 7) is 101. The molecular weight excluding hydrogens is 1800 g/mol. The minimum absolute atomic E-state index is 0.00926. The number of amidine groups is 2. The maximum absolute atomic E-state index is 11.0. The van der Waals surface area contributed by atoms with Crippen molar-refractivity contribution in [1.82, 2.24) is 102 Å². The van der Waals surface area contributed by atoms with Crippen LogP contribution in [0.3, 0.4) is 0 Å². The zero-order valence-corrected chi connectivity index (χ0v) is 97.8. The number of nitrogens with one attached hydrogen (secondary N) is 9. The van der Waals surface area contributed by atoms with Crippen LogP contribution in [0.5, 0.6) is 0 Å². The van der Waals surface area contributed by atoms with Gasteiger partial charge in [0.2, 0.25) is 45.7 Å². The molecule has 0 radical (unpaired) electrons. The van der Waals surface area contributed by atoms with Crippen molar-refractivity contribution in [2.24, 2.45) is 120 Å². The number of carbonyl (C=O) groups is 5. The molecule has 0 saturated carbocycles. The molecule has 37 heteroatoms. The molecule has 8 heterocycles. The number of H-pyrrole nitrogens is 7. The molecule has 7 aromatic heterocycles. The highest BCUT2D eigenvalue weighted by Crippen LogP contribution is 2.18. The van der Waals surface area contributed by atoms with Crippen molar-refractivity contribution in [2.75, 3.05) is 0 Å². The second-order valence-corrected chi connectivity index (χ2v) is 41.3. The number of aromatic amines is 7. The van der Waals surface area contributed by atoms with Gasteiger partial charge in [-0.3, -0.25) is 43.5 Å². The summed E-state index contributed by atoms with van der Waals surface area (Å²) in [6, 6.07) is 11.0. The number of nitrogens with two attached hydrogens (primary N) is 4. The number of Topliss-reactive ketones (excluding diaryl/α,β-unsaturated/α-hetero) is 1. The van der Waals surface area contributed by atoms with E-state index < -0.39 is 0 Å². The van der Waals surface area contributed by atoms with Crippen LogP contribution < -0.4 is 44.7 Å². The fraction of sp³-hybridized carbons (Fsp3) is 0.714. The van der Waals surface area contributed by atoms with Crippen molar-refractivity contribution < 1.29 is 33.9 Å². The van der Waals surface area contributed by atoms with E-state index in [0.717, 1.165) is 64.8 Å². The third-order valence-corrected chi connectivity index (χ3v) is 16.0. The van der Waals surface area contributed by atoms with Gasteiger partial charge in [0.05, 0.1) is 22.5 Å². The lowest BCUT2D eigenvalue weighted by molar-refractivity contribution is -0.125. The Hall–Kier alpha value is -11.4. The Kier molecular flexibility index (Phi) is 97.8. The van der Waals surface area contributed by atoms with Crippen LogP contribution in [0.2, 0.25) is 0 Å². The number of pyridine rings is 2. The third kappa shape index (κ3) is 109. The van der Waals surface area contributed by atoms with Crippen LogP contribution in [0.4, 0.5) is 0 Å². The molecule has 8 rings (SSSR count). The highest BCUT2D eigenvalue weighted by molar-refractivity contribution is 6.29. The van der Waals surface area contributed by atoms with Crippen molar-refractivity contribution in [2.45, 2.75) is 418 Å². The van der Waals surface area contributed by atoms with Crippen LogP contribution in [-0.2, 0) is 24.0 Å². The highest BCUT2D eigenvalue weighted by Gasteiger charge is 2.16. The van der Waals surface area contributed by atoms with E-state index in [4.69, 9.17) is 28.0 Å². The summed E-state index contributed by atoms with van der Waals surface area (Å²) in [5.41, 5.74) is 24.0. The summed E-state index contributed by atoms with van der Waals surface area (Å²) in [6.07, 6.45) is 11.4. The van der Waals surface area contributed by atoms with Gasteiger partial charge >= 0.3 is 0 Å². The van der Waals surface area contributed by atoms with Crippen molar-refractivity contribution in [3.8, 4) is 0 Å². The van der Waals surface area contributed by atoms with Crippen LogP contribution in [-0.4, -0.2) is 179 Å². The number of aromatic nitrogens is 18. The molecule has 1 aliphatic heterocycles. The Balaban J connectivity index is -0.000000163. The first kappa shape index (κ1) is 151. The van der Waals surface area contributed by atoms with E-state index in [1.165, 1.54) is 23.5 Å². The van der Waals surface area contributed by atoms with E-state index in [-0.39, 0.29) is 82.3 Å². The van der Waals surface area contributed by atoms with E-state index in [1.807, 2.05) is 198 Å². The Labute approximate surface area is 857 Å². The number of carbonyl (C=O) groups excluding carboxylic acids is 5. The lowest BCUT2D eigenvalue weighted by Gasteiger charge is -2.09. The first-order valence-electron chi connectivity index (χ1n) is 50.4. The largest absolute Gasteiger partial charge is 0.512 e. The Bertz CT molecular complexity index is 4000. The fourth-order valence-corrected chi connectivity index (χ4v) is 7.29. The fourth-order valence-electron chi connectivity index (χ4n) is 7.29. The molecule has 0 saturated heterocycles. The molecular formula is C105H206N29O8+. The number of amides is 4. The van der Waals surface area contributed by atoms with Gasteiger partial charge in [0.25, 0.3) is 6.21 Å². The zero-order valence-electron chi connectivity index (χ0n) is 97.8. The van der Waals surface area contributed by atoms with Crippen molar-refractivity contribution in [3.63, 3.8) is 0 Å². The van der Waals surface area contributed by atoms with E-state index in [9.17, 15) is 33.6 Å². The molecule has 0 unspecified atom stereocenters. The summed E-state index contributed by atoms with van der Waals surface area (Å²) in [7, 11) is 0. The van der Waals surface area contributed by atoms with Crippen LogP contribution in [0.25, 0.3) is 0 Å². The lowest BCUT2D eigenvalue weighted by Crippen LogP contribution is -2.33. The number of primary amides is 2. The maximum atomic E-state index is 11.0. The SMILES string of the molecule is CC(C)/C=C(\O)C(C)C.CC(C)C.CC(C)C.CC(C)C(N)=O.CC(C)C(N)=O.CC(C)C1=NN=[N+]=C1.CC(C)CC(=O)C(C)C.CC(C)N=C(N)C(C)C.CC(C)N=C(N)C(C)C.CC(C)NC(=O)C(C)C.CC(C)NC(=O)C(C)C.CC(C)c1cnc(C(C)C)[nH]1.CC(C)c1cnc(C(C)C)[nH]1.CC(C)c1nn[nH]n1.CC(C)c1nn[nH]n1.CC(C)c1nn[nH]n1.O=c1cccc[nH]1.O=c1cccc[nH]1. The quantitative estimate of drug-likeness (QED) is 0.0122. The Morgan fingerprint density at radius 1 is 0.394 bits per heavy atom. The van der Waals surface area contributed by atoms with Gasteiger partial charge in [0, 0.05) is 162 Å². The van der Waals surface area contributed by atoms with Gasteiger partial charge < -0.3 is 58.6 Å². The number of tetrazole rings is 3. The topological polar surface area (TPSA) is 584 Å². The molecule has 37 nitrogen and oxygen atoms in total. The van der Waals surface area contributed by atoms with Gasteiger partial charge in [-0.15, -0.1) is 30.6 Å². The molecule has 0 atom stereocenters. The smallest absolute Gasteiger partial charge is 0.273 e. The van der Waals surface area contributed by atoms with Crippen LogP contribution in [0, 0.1) is 76.9 Å². The van der Waals surface area contributed by atoms with Crippen LogP contribution in [0.15, 0.2) is 103 Å². The number of hydrogen-bond acceptors (Lipinski definition) is 23. The van der Waals surface area contributed by atoms with Gasteiger partial charge in [0.15, 0.2) is 17.5 Å². The standard InChI is InChI=1S/2C9H16N2.2C8H16O.2C7H16N2.2C7H15NO.C5H8N3.2C5H5NO.3C4H8N4.2C4H9NO.2C4H10/c2*1-6(2)8-5-10-9(11-8)7(3)4;2*1-6(2)5-8(9)7(3)4;2*1-5(2)7(8)9-6(3)4;2*1-5(2)7(9)8-6(3)4;1-4(2)5-3-6-8-7-5;2*7-5-3-1-2-4-6-5;3*1-3(2)4-5-7-8-6-4;2*1-3(2)4(5)6;2*1-4(2)3/h2*5-7H,1-4H3,(H,10,11);6-7H,5H2,1-4H3;5-7,9H,1-4H3;2*5-6H,1-4H3,(H2,8,9);2*5-6H,1-4H3,(H,8,9);3-4H,1-2H3;2*1-4H,(H,6,7);3*3H,1-2H3,(H,5,6,7,8);2*3H,1-2H3,(H2,5,6);2*4H,1-3H3/q;;;;;;;;+1;;;;;;;;;/b;;;8-5-;;;;;;;;;;;;;;. The number of imidazole rings is 2. The van der Waals surface area contributed by atoms with Gasteiger partial charge in [0.1, 0.15) is 17.4 Å². The average Bonchev–Trinajstić information content (AvgIpc) is 1.75. The Morgan fingerprint density at radius 2 is 0.690 bits per heavy atom. The number of hydrogen-bond donors (Lipinski definition) is 14. The lowest BCUT2D eigenvalue weighted by atomic mass is 9.99. The minimum atomic E-state index is -0.241. The van der Waals surface area contributed by atoms with Crippen LogP contribution >= 0.6 is 0 Å². The summed E-state index contributed by atoms with van der Waals surface area (Å²) in [4.78, 5) is 105.